The van der Waals surface area contributed by atoms with Crippen LogP contribution in [0, 0.1) is 11.6 Å². The van der Waals surface area contributed by atoms with Gasteiger partial charge in [-0.15, -0.1) is 0 Å². The summed E-state index contributed by atoms with van der Waals surface area (Å²) in [6, 6.07) is 2.35. The first kappa shape index (κ1) is 14.4. The maximum absolute atomic E-state index is 14.2. The average Bonchev–Trinajstić information content (AvgIpc) is 2.89. The fraction of sp³-hybridized carbons (Fsp3) is 0.353. The van der Waals surface area contributed by atoms with Crippen LogP contribution in [0.25, 0.3) is 11.3 Å². The number of nitrogens with zero attached hydrogens (tertiary/aromatic N) is 2. The van der Waals surface area contributed by atoms with Gasteiger partial charge in [0.25, 0.3) is 0 Å². The van der Waals surface area contributed by atoms with Crippen molar-refractivity contribution in [3.63, 3.8) is 0 Å². The fourth-order valence-electron chi connectivity index (χ4n) is 3.36. The zero-order valence-electron chi connectivity index (χ0n) is 12.5. The Morgan fingerprint density at radius 3 is 2.87 bits per heavy atom. The van der Waals surface area contributed by atoms with Crippen molar-refractivity contribution in [3.8, 4) is 11.3 Å². The second kappa shape index (κ2) is 5.16. The summed E-state index contributed by atoms with van der Waals surface area (Å²) < 4.78 is 33.2. The van der Waals surface area contributed by atoms with E-state index in [0.717, 1.165) is 30.7 Å². The molecular weight excluding hydrogens is 302 g/mol. The molecule has 0 unspecified atom stereocenters. The number of fused-ring (bicyclic) bond motifs is 4. The monoisotopic (exact) mass is 316 g/mol. The van der Waals surface area contributed by atoms with Crippen molar-refractivity contribution >= 4 is 5.78 Å². The maximum atomic E-state index is 14.2. The Morgan fingerprint density at radius 2 is 2.13 bits per heavy atom. The van der Waals surface area contributed by atoms with Crippen LogP contribution < -0.4 is 0 Å². The minimum atomic E-state index is -0.744. The quantitative estimate of drug-likeness (QED) is 0.797. The number of rotatable bonds is 2. The van der Waals surface area contributed by atoms with Gasteiger partial charge >= 0.3 is 0 Å². The third-order valence-corrected chi connectivity index (χ3v) is 4.42. The third kappa shape index (κ3) is 2.34. The first-order valence-electron chi connectivity index (χ1n) is 7.54. The molecule has 4 rings (SSSR count). The first-order chi connectivity index (χ1) is 11.0. The molecule has 0 aliphatic carbocycles. The molecule has 2 aliphatic rings. The summed E-state index contributed by atoms with van der Waals surface area (Å²) in [7, 11) is 0. The van der Waals surface area contributed by atoms with Crippen LogP contribution in [0.1, 0.15) is 47.6 Å². The molecule has 2 aliphatic heterocycles. The normalized spacial score (nSPS) is 22.0. The number of hydrogen-bond donors (Lipinski definition) is 0. The number of ketones is 1. The summed E-state index contributed by atoms with van der Waals surface area (Å²) in [4.78, 5) is 20.1. The number of carbonyl (C=O) groups is 1. The highest BCUT2D eigenvalue weighted by Crippen LogP contribution is 2.43. The minimum Gasteiger partial charge on any atom is -0.368 e. The topological polar surface area (TPSA) is 52.1 Å². The van der Waals surface area contributed by atoms with Crippen molar-refractivity contribution in [2.24, 2.45) is 0 Å². The van der Waals surface area contributed by atoms with E-state index in [2.05, 4.69) is 9.97 Å². The number of halogens is 2. The molecule has 4 heterocycles. The van der Waals surface area contributed by atoms with Crippen LogP contribution in [0.5, 0.6) is 0 Å². The molecule has 0 N–H and O–H groups in total. The van der Waals surface area contributed by atoms with Gasteiger partial charge in [0.15, 0.2) is 11.6 Å². The van der Waals surface area contributed by atoms with Crippen LogP contribution in [0.4, 0.5) is 8.78 Å². The van der Waals surface area contributed by atoms with E-state index in [1.165, 1.54) is 6.92 Å². The predicted molar refractivity (Wildman–Crippen MR) is 77.9 cm³/mol. The van der Waals surface area contributed by atoms with Crippen LogP contribution in [0.3, 0.4) is 0 Å². The van der Waals surface area contributed by atoms with Crippen molar-refractivity contribution in [1.82, 2.24) is 9.97 Å². The van der Waals surface area contributed by atoms with Gasteiger partial charge in [-0.05, 0) is 24.5 Å². The maximum Gasteiger partial charge on any atom is 0.178 e. The van der Waals surface area contributed by atoms with Crippen LogP contribution in [-0.2, 0) is 11.2 Å². The standard InChI is InChI=1S/C17H14F2N2O2/c1-8(22)14-6-12(16-13(19)4-9(18)7-20-16)11-5-10-2-3-15(23-10)17(11)21-14/h4,6-7,10,15H,2-3,5H2,1H3/t10-,15+/m0/s1. The molecule has 23 heavy (non-hydrogen) atoms. The van der Waals surface area contributed by atoms with E-state index in [1.807, 2.05) is 0 Å². The van der Waals surface area contributed by atoms with Gasteiger partial charge in [0, 0.05) is 25.0 Å². The lowest BCUT2D eigenvalue weighted by atomic mass is 9.94. The van der Waals surface area contributed by atoms with Crippen molar-refractivity contribution in [2.45, 2.75) is 38.4 Å². The minimum absolute atomic E-state index is 0.0499. The Labute approximate surface area is 131 Å². The van der Waals surface area contributed by atoms with Gasteiger partial charge in [-0.25, -0.2) is 13.8 Å². The largest absolute Gasteiger partial charge is 0.368 e. The summed E-state index contributed by atoms with van der Waals surface area (Å²) in [5.41, 5.74) is 2.35. The third-order valence-electron chi connectivity index (χ3n) is 4.42. The van der Waals surface area contributed by atoms with Crippen molar-refractivity contribution in [2.75, 3.05) is 0 Å². The van der Waals surface area contributed by atoms with E-state index in [-0.39, 0.29) is 29.4 Å². The molecule has 2 aromatic rings. The molecular formula is C17H14F2N2O2. The van der Waals surface area contributed by atoms with Gasteiger partial charge in [-0.3, -0.25) is 9.78 Å². The van der Waals surface area contributed by atoms with Crippen LogP contribution in [0.2, 0.25) is 0 Å². The van der Waals surface area contributed by atoms with Crippen LogP contribution in [-0.4, -0.2) is 21.9 Å². The molecule has 0 aromatic carbocycles. The molecule has 6 heteroatoms. The van der Waals surface area contributed by atoms with E-state index >= 15 is 0 Å². The Morgan fingerprint density at radius 1 is 1.30 bits per heavy atom. The fourth-order valence-corrected chi connectivity index (χ4v) is 3.36. The lowest BCUT2D eigenvalue weighted by Gasteiger charge is -2.25. The molecule has 2 bridgehead atoms. The molecule has 118 valence electrons. The summed E-state index contributed by atoms with van der Waals surface area (Å²) in [6.07, 6.45) is 3.25. The van der Waals surface area contributed by atoms with E-state index in [4.69, 9.17) is 4.74 Å². The Balaban J connectivity index is 1.97. The second-order valence-electron chi connectivity index (χ2n) is 5.99. The molecule has 2 aromatic heterocycles. The van der Waals surface area contributed by atoms with Crippen LogP contribution >= 0.6 is 0 Å². The molecule has 0 radical (unpaired) electrons. The summed E-state index contributed by atoms with van der Waals surface area (Å²) in [5, 5.41) is 0. The van der Waals surface area contributed by atoms with Crippen molar-refractivity contribution < 1.29 is 18.3 Å². The van der Waals surface area contributed by atoms with Gasteiger partial charge in [-0.1, -0.05) is 0 Å². The van der Waals surface area contributed by atoms with E-state index in [0.29, 0.717) is 17.7 Å². The number of ether oxygens (including phenoxy) is 1. The molecule has 2 atom stereocenters. The molecule has 1 saturated heterocycles. The number of Topliss-reactive ketones (excluding diaryl/α,β-unsaturated/α-hetero) is 1. The SMILES string of the molecule is CC(=O)c1cc(-c2ncc(F)cc2F)c2c(n1)[C@H]1CC[C@@H](C2)O1. The molecule has 4 nitrogen and oxygen atoms in total. The highest BCUT2D eigenvalue weighted by atomic mass is 19.1. The van der Waals surface area contributed by atoms with Gasteiger partial charge in [0.2, 0.25) is 0 Å². The van der Waals surface area contributed by atoms with E-state index < -0.39 is 11.6 Å². The first-order valence-corrected chi connectivity index (χ1v) is 7.54. The number of pyridine rings is 2. The Bertz CT molecular complexity index is 822. The van der Waals surface area contributed by atoms with E-state index in [9.17, 15) is 13.6 Å². The Kier molecular flexibility index (Phi) is 3.23. The molecule has 0 amide bonds. The highest BCUT2D eigenvalue weighted by Gasteiger charge is 2.37. The highest BCUT2D eigenvalue weighted by molar-refractivity contribution is 5.93. The van der Waals surface area contributed by atoms with Crippen molar-refractivity contribution in [3.05, 3.63) is 46.9 Å². The van der Waals surface area contributed by atoms with Crippen molar-refractivity contribution in [1.29, 1.82) is 0 Å². The predicted octanol–water partition coefficient (Wildman–Crippen LogP) is 3.40. The average molecular weight is 316 g/mol. The lowest BCUT2D eigenvalue weighted by molar-refractivity contribution is 0.0295. The number of aromatic nitrogens is 2. The molecule has 0 spiro atoms. The zero-order valence-corrected chi connectivity index (χ0v) is 12.5. The second-order valence-corrected chi connectivity index (χ2v) is 5.99. The summed E-state index contributed by atoms with van der Waals surface area (Å²) in [5.74, 6) is -1.69. The van der Waals surface area contributed by atoms with Gasteiger partial charge in [0.05, 0.1) is 18.0 Å². The summed E-state index contributed by atoms with van der Waals surface area (Å²) >= 11 is 0. The lowest BCUT2D eigenvalue weighted by Crippen LogP contribution is -2.21. The zero-order chi connectivity index (χ0) is 16.1. The number of carbonyl (C=O) groups excluding carboxylic acids is 1. The van der Waals surface area contributed by atoms with Gasteiger partial charge in [-0.2, -0.15) is 0 Å². The number of hydrogen-bond acceptors (Lipinski definition) is 4. The molecule has 0 saturated carbocycles. The Hall–Kier alpha value is -2.21. The molecule has 1 fully saturated rings. The van der Waals surface area contributed by atoms with E-state index in [1.54, 1.807) is 6.07 Å². The smallest absolute Gasteiger partial charge is 0.178 e. The summed E-state index contributed by atoms with van der Waals surface area (Å²) in [6.45, 7) is 1.41. The van der Waals surface area contributed by atoms with Crippen LogP contribution in [0.15, 0.2) is 18.3 Å². The van der Waals surface area contributed by atoms with Gasteiger partial charge in [0.1, 0.15) is 23.3 Å². The van der Waals surface area contributed by atoms with Gasteiger partial charge < -0.3 is 4.74 Å².